The number of aromatic nitrogens is 1. The van der Waals surface area contributed by atoms with Crippen LogP contribution in [0.4, 0.5) is 11.4 Å². The van der Waals surface area contributed by atoms with Crippen LogP contribution in [0.3, 0.4) is 0 Å². The van der Waals surface area contributed by atoms with Gasteiger partial charge in [0.1, 0.15) is 5.69 Å². The number of benzene rings is 1. The molecule has 0 fully saturated rings. The smallest absolute Gasteiger partial charge is 0.178 e. The van der Waals surface area contributed by atoms with Gasteiger partial charge in [-0.3, -0.25) is 9.78 Å². The molecule has 3 heteroatoms. The average molecular weight is 266 g/mol. The van der Waals surface area contributed by atoms with Gasteiger partial charge in [-0.2, -0.15) is 0 Å². The van der Waals surface area contributed by atoms with Gasteiger partial charge in [0.25, 0.3) is 0 Å². The van der Waals surface area contributed by atoms with Crippen molar-refractivity contribution < 1.29 is 4.79 Å². The van der Waals surface area contributed by atoms with Crippen LogP contribution >= 0.6 is 0 Å². The van der Waals surface area contributed by atoms with Crippen molar-refractivity contribution in [3.8, 4) is 0 Å². The summed E-state index contributed by atoms with van der Waals surface area (Å²) in [7, 11) is 0. The Labute approximate surface area is 119 Å². The van der Waals surface area contributed by atoms with Crippen molar-refractivity contribution in [3.05, 3.63) is 53.9 Å². The lowest BCUT2D eigenvalue weighted by molar-refractivity contribution is 0.101. The number of ketones is 1. The number of rotatable bonds is 2. The van der Waals surface area contributed by atoms with Crippen LogP contribution in [0.25, 0.3) is 0 Å². The van der Waals surface area contributed by atoms with Gasteiger partial charge in [-0.15, -0.1) is 0 Å². The number of pyridine rings is 1. The fourth-order valence-corrected chi connectivity index (χ4v) is 2.80. The number of para-hydroxylation sites is 1. The summed E-state index contributed by atoms with van der Waals surface area (Å²) in [6.07, 6.45) is 2.91. The minimum atomic E-state index is 0.00367. The molecule has 0 amide bonds. The lowest BCUT2D eigenvalue weighted by Crippen LogP contribution is -2.30. The molecule has 1 aliphatic rings. The van der Waals surface area contributed by atoms with Crippen LogP contribution in [-0.2, 0) is 6.42 Å². The molecule has 0 radical (unpaired) electrons. The molecule has 1 aromatic carbocycles. The Morgan fingerprint density at radius 1 is 1.25 bits per heavy atom. The molecule has 0 saturated carbocycles. The fraction of sp³-hybridized carbons (Fsp3) is 0.294. The summed E-state index contributed by atoms with van der Waals surface area (Å²) in [5.41, 5.74) is 4.20. The van der Waals surface area contributed by atoms with Crippen LogP contribution in [0.1, 0.15) is 29.9 Å². The summed E-state index contributed by atoms with van der Waals surface area (Å²) in [5, 5.41) is 0. The Kier molecular flexibility index (Phi) is 3.26. The molecule has 0 saturated heterocycles. The van der Waals surface area contributed by atoms with Gasteiger partial charge in [0.15, 0.2) is 5.78 Å². The highest BCUT2D eigenvalue weighted by Gasteiger charge is 2.22. The molecule has 0 N–H and O–H groups in total. The van der Waals surface area contributed by atoms with Gasteiger partial charge >= 0.3 is 0 Å². The van der Waals surface area contributed by atoms with Gasteiger partial charge in [-0.1, -0.05) is 25.1 Å². The van der Waals surface area contributed by atoms with Crippen molar-refractivity contribution in [3.63, 3.8) is 0 Å². The minimum Gasteiger partial charge on any atom is -0.340 e. The molecule has 2 heterocycles. The van der Waals surface area contributed by atoms with Crippen LogP contribution in [0.15, 0.2) is 42.6 Å². The van der Waals surface area contributed by atoms with Crippen molar-refractivity contribution >= 4 is 17.2 Å². The first-order valence-electron chi connectivity index (χ1n) is 6.97. The number of carbonyl (C=O) groups is 1. The number of anilines is 2. The summed E-state index contributed by atoms with van der Waals surface area (Å²) in [6.45, 7) is 4.79. The van der Waals surface area contributed by atoms with Crippen molar-refractivity contribution in [2.45, 2.75) is 20.3 Å². The third-order valence-corrected chi connectivity index (χ3v) is 3.77. The third-order valence-electron chi connectivity index (χ3n) is 3.77. The van der Waals surface area contributed by atoms with Gasteiger partial charge in [0.05, 0.1) is 11.9 Å². The zero-order valence-electron chi connectivity index (χ0n) is 11.8. The Morgan fingerprint density at radius 3 is 2.75 bits per heavy atom. The number of Topliss-reactive ketones (excluding diaryl/α,β-unsaturated/α-hetero) is 1. The van der Waals surface area contributed by atoms with E-state index in [0.717, 1.165) is 18.7 Å². The van der Waals surface area contributed by atoms with Crippen LogP contribution in [0.2, 0.25) is 0 Å². The minimum absolute atomic E-state index is 0.00367. The maximum atomic E-state index is 11.3. The van der Waals surface area contributed by atoms with E-state index >= 15 is 0 Å². The molecule has 0 bridgehead atoms. The van der Waals surface area contributed by atoms with E-state index in [1.807, 2.05) is 6.07 Å². The van der Waals surface area contributed by atoms with Crippen molar-refractivity contribution in [1.29, 1.82) is 0 Å². The Hall–Kier alpha value is -2.16. The molecule has 1 atom stereocenters. The SMILES string of the molecule is CC(=O)c1ccc(N2CC(C)Cc3ccccc32)cn1. The van der Waals surface area contributed by atoms with Gasteiger partial charge in [0.2, 0.25) is 0 Å². The van der Waals surface area contributed by atoms with E-state index in [4.69, 9.17) is 0 Å². The molecule has 102 valence electrons. The number of carbonyl (C=O) groups excluding carboxylic acids is 1. The standard InChI is InChI=1S/C17H18N2O/c1-12-9-14-5-3-4-6-17(14)19(11-12)15-7-8-16(13(2)20)18-10-15/h3-8,10,12H,9,11H2,1-2H3. The van der Waals surface area contributed by atoms with Crippen LogP contribution in [-0.4, -0.2) is 17.3 Å². The Bertz CT molecular complexity index is 634. The van der Waals surface area contributed by atoms with Gasteiger partial charge in [-0.25, -0.2) is 0 Å². The van der Waals surface area contributed by atoms with E-state index in [-0.39, 0.29) is 5.78 Å². The van der Waals surface area contributed by atoms with Crippen molar-refractivity contribution in [2.24, 2.45) is 5.92 Å². The summed E-state index contributed by atoms with van der Waals surface area (Å²) in [6, 6.07) is 12.3. The maximum absolute atomic E-state index is 11.3. The van der Waals surface area contributed by atoms with Crippen molar-refractivity contribution in [1.82, 2.24) is 4.98 Å². The van der Waals surface area contributed by atoms with E-state index in [9.17, 15) is 4.79 Å². The topological polar surface area (TPSA) is 33.2 Å². The lowest BCUT2D eigenvalue weighted by Gasteiger charge is -2.34. The lowest BCUT2D eigenvalue weighted by atomic mass is 9.93. The quantitative estimate of drug-likeness (QED) is 0.778. The number of hydrogen-bond acceptors (Lipinski definition) is 3. The molecule has 1 aromatic heterocycles. The number of fused-ring (bicyclic) bond motifs is 1. The van der Waals surface area contributed by atoms with E-state index in [1.165, 1.54) is 11.3 Å². The molecular weight excluding hydrogens is 248 g/mol. The highest BCUT2D eigenvalue weighted by Crippen LogP contribution is 2.34. The first-order chi connectivity index (χ1) is 9.65. The predicted molar refractivity (Wildman–Crippen MR) is 80.6 cm³/mol. The first-order valence-corrected chi connectivity index (χ1v) is 6.97. The molecule has 1 aliphatic heterocycles. The summed E-state index contributed by atoms with van der Waals surface area (Å²) in [4.78, 5) is 17.9. The van der Waals surface area contributed by atoms with E-state index < -0.39 is 0 Å². The second kappa shape index (κ2) is 5.08. The molecular formula is C17H18N2O. The second-order valence-electron chi connectivity index (χ2n) is 5.51. The van der Waals surface area contributed by atoms with E-state index in [1.54, 1.807) is 19.2 Å². The van der Waals surface area contributed by atoms with Crippen LogP contribution < -0.4 is 4.90 Å². The monoisotopic (exact) mass is 266 g/mol. The molecule has 3 nitrogen and oxygen atoms in total. The number of hydrogen-bond donors (Lipinski definition) is 0. The summed E-state index contributed by atoms with van der Waals surface area (Å²) >= 11 is 0. The van der Waals surface area contributed by atoms with Gasteiger partial charge < -0.3 is 4.90 Å². The van der Waals surface area contributed by atoms with Crippen LogP contribution in [0.5, 0.6) is 0 Å². The highest BCUT2D eigenvalue weighted by atomic mass is 16.1. The third kappa shape index (κ3) is 2.31. The summed E-state index contributed by atoms with van der Waals surface area (Å²) in [5.74, 6) is 0.612. The maximum Gasteiger partial charge on any atom is 0.178 e. The van der Waals surface area contributed by atoms with Crippen LogP contribution in [0, 0.1) is 5.92 Å². The fourth-order valence-electron chi connectivity index (χ4n) is 2.80. The summed E-state index contributed by atoms with van der Waals surface area (Å²) < 4.78 is 0. The van der Waals surface area contributed by atoms with E-state index in [2.05, 4.69) is 41.1 Å². The molecule has 1 unspecified atom stereocenters. The second-order valence-corrected chi connectivity index (χ2v) is 5.51. The normalized spacial score (nSPS) is 17.7. The molecule has 20 heavy (non-hydrogen) atoms. The number of nitrogens with zero attached hydrogens (tertiary/aromatic N) is 2. The first kappa shape index (κ1) is 12.9. The molecule has 2 aromatic rings. The highest BCUT2D eigenvalue weighted by molar-refractivity contribution is 5.92. The largest absolute Gasteiger partial charge is 0.340 e. The molecule has 0 aliphatic carbocycles. The van der Waals surface area contributed by atoms with E-state index in [0.29, 0.717) is 11.6 Å². The van der Waals surface area contributed by atoms with Gasteiger partial charge in [0, 0.05) is 19.2 Å². The van der Waals surface area contributed by atoms with Crippen molar-refractivity contribution in [2.75, 3.05) is 11.4 Å². The van der Waals surface area contributed by atoms with Gasteiger partial charge in [-0.05, 0) is 36.1 Å². The molecule has 3 rings (SSSR count). The average Bonchev–Trinajstić information content (AvgIpc) is 2.46. The zero-order chi connectivity index (χ0) is 14.1. The predicted octanol–water partition coefficient (Wildman–Crippen LogP) is 3.61. The zero-order valence-corrected chi connectivity index (χ0v) is 11.8. The molecule has 0 spiro atoms. The Morgan fingerprint density at radius 2 is 2.05 bits per heavy atom. The Balaban J connectivity index is 1.99.